The number of pyridine rings is 1. The van der Waals surface area contributed by atoms with Crippen LogP contribution in [0.15, 0.2) is 30.3 Å². The highest BCUT2D eigenvalue weighted by atomic mass is 15.3. The third-order valence-electron chi connectivity index (χ3n) is 6.86. The quantitative estimate of drug-likeness (QED) is 0.827. The van der Waals surface area contributed by atoms with Gasteiger partial charge in [-0.2, -0.15) is 5.26 Å². The molecule has 5 rings (SSSR count). The maximum atomic E-state index is 10.2. The highest BCUT2D eigenvalue weighted by Crippen LogP contribution is 2.36. The molecule has 31 heavy (non-hydrogen) atoms. The lowest BCUT2D eigenvalue weighted by Gasteiger charge is -2.37. The van der Waals surface area contributed by atoms with Crippen LogP contribution in [0.25, 0.3) is 0 Å². The van der Waals surface area contributed by atoms with Crippen molar-refractivity contribution in [2.75, 3.05) is 55.6 Å². The van der Waals surface area contributed by atoms with Gasteiger partial charge in [0.2, 0.25) is 0 Å². The Balaban J connectivity index is 1.53. The van der Waals surface area contributed by atoms with Gasteiger partial charge in [-0.3, -0.25) is 4.90 Å². The predicted octanol–water partition coefficient (Wildman–Crippen LogP) is 2.91. The number of nitrogens with zero attached hydrogens (tertiary/aromatic N) is 5. The van der Waals surface area contributed by atoms with Gasteiger partial charge in [-0.1, -0.05) is 30.3 Å². The summed E-state index contributed by atoms with van der Waals surface area (Å²) < 4.78 is 0. The minimum Gasteiger partial charge on any atom is -0.355 e. The number of hydrogen-bond donors (Lipinski definition) is 1. The fourth-order valence-electron chi connectivity index (χ4n) is 5.22. The van der Waals surface area contributed by atoms with Gasteiger partial charge < -0.3 is 15.1 Å². The molecule has 0 bridgehead atoms. The van der Waals surface area contributed by atoms with E-state index >= 15 is 0 Å². The number of nitriles is 1. The van der Waals surface area contributed by atoms with Gasteiger partial charge >= 0.3 is 0 Å². The summed E-state index contributed by atoms with van der Waals surface area (Å²) in [6.07, 6.45) is 4.61. The van der Waals surface area contributed by atoms with Crippen molar-refractivity contribution < 1.29 is 0 Å². The van der Waals surface area contributed by atoms with Crippen molar-refractivity contribution in [1.82, 2.24) is 15.2 Å². The van der Waals surface area contributed by atoms with E-state index in [1.165, 1.54) is 36.0 Å². The van der Waals surface area contributed by atoms with E-state index in [-0.39, 0.29) is 0 Å². The fraction of sp³-hybridized carbons (Fsp3) is 0.520. The molecule has 0 saturated carbocycles. The smallest absolute Gasteiger partial charge is 0.149 e. The lowest BCUT2D eigenvalue weighted by molar-refractivity contribution is 0.245. The molecule has 2 saturated heterocycles. The zero-order valence-electron chi connectivity index (χ0n) is 18.3. The number of piperidine rings is 1. The number of piperazine rings is 1. The molecule has 0 unspecified atom stereocenters. The highest BCUT2D eigenvalue weighted by molar-refractivity contribution is 5.68. The molecule has 0 aliphatic carbocycles. The van der Waals surface area contributed by atoms with E-state index < -0.39 is 0 Å². The predicted molar refractivity (Wildman–Crippen MR) is 124 cm³/mol. The van der Waals surface area contributed by atoms with Crippen LogP contribution in [0, 0.1) is 11.3 Å². The molecule has 6 nitrogen and oxygen atoms in total. The van der Waals surface area contributed by atoms with E-state index in [4.69, 9.17) is 4.98 Å². The molecule has 6 heteroatoms. The van der Waals surface area contributed by atoms with Crippen molar-refractivity contribution in [3.8, 4) is 6.07 Å². The second kappa shape index (κ2) is 9.25. The van der Waals surface area contributed by atoms with E-state index in [1.54, 1.807) is 0 Å². The van der Waals surface area contributed by atoms with E-state index in [0.29, 0.717) is 0 Å². The molecular formula is C25H32N6. The zero-order valence-corrected chi connectivity index (χ0v) is 18.3. The summed E-state index contributed by atoms with van der Waals surface area (Å²) in [5, 5.41) is 13.7. The van der Waals surface area contributed by atoms with Crippen molar-refractivity contribution in [1.29, 1.82) is 5.26 Å². The summed E-state index contributed by atoms with van der Waals surface area (Å²) in [5.74, 6) is 2.06. The van der Waals surface area contributed by atoms with Crippen molar-refractivity contribution in [2.24, 2.45) is 0 Å². The number of benzene rings is 1. The van der Waals surface area contributed by atoms with Gasteiger partial charge in [-0.05, 0) is 36.8 Å². The molecule has 162 valence electrons. The fourth-order valence-corrected chi connectivity index (χ4v) is 5.22. The minimum atomic E-state index is 0.813. The Labute approximate surface area is 185 Å². The average molecular weight is 417 g/mol. The number of hydrogen-bond acceptors (Lipinski definition) is 6. The second-order valence-corrected chi connectivity index (χ2v) is 8.93. The van der Waals surface area contributed by atoms with E-state index in [1.807, 2.05) is 0 Å². The van der Waals surface area contributed by atoms with Crippen LogP contribution in [0.2, 0.25) is 0 Å². The van der Waals surface area contributed by atoms with Crippen LogP contribution in [-0.2, 0) is 19.5 Å². The number of fused-ring (bicyclic) bond motifs is 1. The largest absolute Gasteiger partial charge is 0.355 e. The molecule has 2 fully saturated rings. The van der Waals surface area contributed by atoms with Crippen molar-refractivity contribution >= 4 is 11.6 Å². The van der Waals surface area contributed by atoms with Crippen LogP contribution in [-0.4, -0.2) is 55.7 Å². The third-order valence-corrected chi connectivity index (χ3v) is 6.86. The van der Waals surface area contributed by atoms with Gasteiger partial charge in [0.15, 0.2) is 0 Å². The number of rotatable bonds is 4. The standard InChI is InChI=1S/C25H32N6/c26-17-22-23-19-29(18-20-7-3-1-4-8-20)14-9-21(23)24(31-15-10-27-11-16-31)28-25(22)30-12-5-2-6-13-30/h1,3-4,7-8,27H,2,5-6,9-16,18-19H2. The first kappa shape index (κ1) is 20.3. The van der Waals surface area contributed by atoms with E-state index in [2.05, 4.69) is 56.4 Å². The summed E-state index contributed by atoms with van der Waals surface area (Å²) in [6, 6.07) is 13.2. The van der Waals surface area contributed by atoms with Gasteiger partial charge in [-0.25, -0.2) is 4.98 Å². The first-order valence-corrected chi connectivity index (χ1v) is 11.8. The summed E-state index contributed by atoms with van der Waals surface area (Å²) in [6.45, 7) is 8.74. The Hall–Kier alpha value is -2.62. The first-order valence-electron chi connectivity index (χ1n) is 11.8. The summed E-state index contributed by atoms with van der Waals surface area (Å²) in [4.78, 5) is 12.5. The van der Waals surface area contributed by atoms with Gasteiger partial charge in [0, 0.05) is 64.5 Å². The number of nitrogens with one attached hydrogen (secondary N) is 1. The Morgan fingerprint density at radius 3 is 2.35 bits per heavy atom. The van der Waals surface area contributed by atoms with Crippen molar-refractivity contribution in [3.05, 3.63) is 52.6 Å². The second-order valence-electron chi connectivity index (χ2n) is 8.93. The first-order chi connectivity index (χ1) is 15.3. The van der Waals surface area contributed by atoms with Gasteiger partial charge in [-0.15, -0.1) is 0 Å². The lowest BCUT2D eigenvalue weighted by Crippen LogP contribution is -2.45. The van der Waals surface area contributed by atoms with Crippen LogP contribution in [0.5, 0.6) is 0 Å². The molecule has 3 aliphatic rings. The molecule has 2 aromatic rings. The summed E-state index contributed by atoms with van der Waals surface area (Å²) in [5.41, 5.74) is 4.67. The van der Waals surface area contributed by atoms with Crippen molar-refractivity contribution in [2.45, 2.75) is 38.8 Å². The molecule has 1 aromatic heterocycles. The summed E-state index contributed by atoms with van der Waals surface area (Å²) >= 11 is 0. The topological polar surface area (TPSA) is 58.4 Å². The Morgan fingerprint density at radius 2 is 1.61 bits per heavy atom. The van der Waals surface area contributed by atoms with Crippen molar-refractivity contribution in [3.63, 3.8) is 0 Å². The molecule has 0 atom stereocenters. The highest BCUT2D eigenvalue weighted by Gasteiger charge is 2.30. The molecule has 1 aromatic carbocycles. The molecule has 4 heterocycles. The number of anilines is 2. The Morgan fingerprint density at radius 1 is 0.871 bits per heavy atom. The Kier molecular flexibility index (Phi) is 6.06. The average Bonchev–Trinajstić information content (AvgIpc) is 2.84. The number of aromatic nitrogens is 1. The SMILES string of the molecule is N#Cc1c(N2CCCCC2)nc(N2CCNCC2)c2c1CN(Cc1ccccc1)CC2. The lowest BCUT2D eigenvalue weighted by atomic mass is 9.94. The molecule has 0 radical (unpaired) electrons. The molecule has 1 N–H and O–H groups in total. The van der Waals surface area contributed by atoms with Crippen LogP contribution in [0.1, 0.15) is 41.5 Å². The van der Waals surface area contributed by atoms with Crippen LogP contribution >= 0.6 is 0 Å². The third kappa shape index (κ3) is 4.26. The van der Waals surface area contributed by atoms with Gasteiger partial charge in [0.05, 0.1) is 5.56 Å². The Bertz CT molecular complexity index is 939. The maximum absolute atomic E-state index is 10.2. The van der Waals surface area contributed by atoms with E-state index in [9.17, 15) is 5.26 Å². The minimum absolute atomic E-state index is 0.813. The van der Waals surface area contributed by atoms with Gasteiger partial charge in [0.1, 0.15) is 17.7 Å². The molecule has 0 spiro atoms. The van der Waals surface area contributed by atoms with Crippen LogP contribution in [0.4, 0.5) is 11.6 Å². The molecule has 3 aliphatic heterocycles. The molecular weight excluding hydrogens is 384 g/mol. The van der Waals surface area contributed by atoms with E-state index in [0.717, 1.165) is 82.5 Å². The van der Waals surface area contributed by atoms with Crippen LogP contribution < -0.4 is 15.1 Å². The monoisotopic (exact) mass is 416 g/mol. The normalized spacial score (nSPS) is 19.7. The van der Waals surface area contributed by atoms with Crippen LogP contribution in [0.3, 0.4) is 0 Å². The molecule has 0 amide bonds. The maximum Gasteiger partial charge on any atom is 0.149 e. The van der Waals surface area contributed by atoms with Gasteiger partial charge in [0.25, 0.3) is 0 Å². The summed E-state index contributed by atoms with van der Waals surface area (Å²) in [7, 11) is 0. The zero-order chi connectivity index (χ0) is 21.0.